The van der Waals surface area contributed by atoms with Crippen molar-refractivity contribution in [3.8, 4) is 6.07 Å². The Bertz CT molecular complexity index is 1030. The molecule has 0 saturated heterocycles. The topological polar surface area (TPSA) is 85.2 Å². The van der Waals surface area contributed by atoms with Crippen LogP contribution in [0.1, 0.15) is 44.8 Å². The summed E-state index contributed by atoms with van der Waals surface area (Å²) in [6.45, 7) is -0.385. The minimum Gasteiger partial charge on any atom is -0.343 e. The number of anilines is 1. The number of nitrogens with one attached hydrogen (secondary N) is 2. The van der Waals surface area contributed by atoms with Crippen molar-refractivity contribution in [3.05, 3.63) is 51.4 Å². The molecule has 0 spiro atoms. The molecule has 2 N–H and O–H groups in total. The van der Waals surface area contributed by atoms with Crippen molar-refractivity contribution < 1.29 is 22.8 Å². The molecule has 170 valence electrons. The van der Waals surface area contributed by atoms with Crippen LogP contribution in [0.5, 0.6) is 0 Å². The van der Waals surface area contributed by atoms with E-state index in [1.807, 2.05) is 17.3 Å². The molecule has 2 amide bonds. The highest BCUT2D eigenvalue weighted by Crippen LogP contribution is 2.38. The fraction of sp³-hybridized carbons (Fsp3) is 0.409. The molecule has 0 bridgehead atoms. The summed E-state index contributed by atoms with van der Waals surface area (Å²) in [5.74, 6) is -0.944. The molecule has 0 aliphatic heterocycles. The van der Waals surface area contributed by atoms with Crippen molar-refractivity contribution in [2.45, 2.75) is 38.4 Å². The van der Waals surface area contributed by atoms with Gasteiger partial charge in [0.1, 0.15) is 17.6 Å². The average Bonchev–Trinajstić information content (AvgIpc) is 3.31. The molecular weight excluding hydrogens is 441 g/mol. The molecule has 3 rings (SSSR count). The van der Waals surface area contributed by atoms with Crippen LogP contribution in [-0.2, 0) is 24.2 Å². The van der Waals surface area contributed by atoms with Crippen molar-refractivity contribution in [1.29, 1.82) is 5.26 Å². The summed E-state index contributed by atoms with van der Waals surface area (Å²) in [5, 5.41) is 14.7. The molecule has 0 unspecified atom stereocenters. The molecule has 1 aliphatic carbocycles. The smallest absolute Gasteiger partial charge is 0.343 e. The molecule has 0 atom stereocenters. The van der Waals surface area contributed by atoms with Gasteiger partial charge in [0.15, 0.2) is 0 Å². The van der Waals surface area contributed by atoms with Crippen molar-refractivity contribution in [2.75, 3.05) is 25.5 Å². The van der Waals surface area contributed by atoms with Crippen LogP contribution in [-0.4, -0.2) is 43.0 Å². The van der Waals surface area contributed by atoms with Gasteiger partial charge in [-0.1, -0.05) is 12.1 Å². The van der Waals surface area contributed by atoms with E-state index in [2.05, 4.69) is 11.4 Å². The van der Waals surface area contributed by atoms with E-state index in [1.54, 1.807) is 12.1 Å². The van der Waals surface area contributed by atoms with Crippen LogP contribution in [0.15, 0.2) is 24.3 Å². The van der Waals surface area contributed by atoms with Gasteiger partial charge in [0.2, 0.25) is 5.91 Å². The van der Waals surface area contributed by atoms with Crippen molar-refractivity contribution in [2.24, 2.45) is 0 Å². The van der Waals surface area contributed by atoms with Crippen LogP contribution in [0.4, 0.5) is 18.2 Å². The fourth-order valence-corrected chi connectivity index (χ4v) is 4.78. The SMILES string of the molecule is CN(CCC(=O)Nc1sc2c(c1C#N)CCC2)Cc1ccc(C(=O)NCC(F)(F)F)cc1. The maximum absolute atomic E-state index is 12.4. The Labute approximate surface area is 188 Å². The first-order valence-corrected chi connectivity index (χ1v) is 10.9. The summed E-state index contributed by atoms with van der Waals surface area (Å²) in [6, 6.07) is 8.50. The highest BCUT2D eigenvalue weighted by molar-refractivity contribution is 7.16. The highest BCUT2D eigenvalue weighted by Gasteiger charge is 2.28. The third-order valence-corrected chi connectivity index (χ3v) is 6.33. The van der Waals surface area contributed by atoms with Crippen molar-refractivity contribution >= 4 is 28.2 Å². The van der Waals surface area contributed by atoms with Gasteiger partial charge in [-0.25, -0.2) is 0 Å². The van der Waals surface area contributed by atoms with E-state index in [0.717, 1.165) is 30.4 Å². The summed E-state index contributed by atoms with van der Waals surface area (Å²) in [4.78, 5) is 27.2. The molecule has 1 heterocycles. The minimum atomic E-state index is -4.45. The van der Waals surface area contributed by atoms with Crippen molar-refractivity contribution in [3.63, 3.8) is 0 Å². The maximum atomic E-state index is 12.4. The highest BCUT2D eigenvalue weighted by atomic mass is 32.1. The number of benzene rings is 1. The van der Waals surface area contributed by atoms with Gasteiger partial charge in [0.05, 0.1) is 5.56 Å². The predicted octanol–water partition coefficient (Wildman–Crippen LogP) is 3.86. The standard InChI is InChI=1S/C22H23F3N4O2S/c1-29(12-14-5-7-15(8-6-14)20(31)27-13-22(23,24)25)10-9-19(30)28-21-17(11-26)16-3-2-4-18(16)32-21/h5-8H,2-4,9-10,12-13H2,1H3,(H,27,31)(H,28,30). The van der Waals surface area contributed by atoms with E-state index in [4.69, 9.17) is 0 Å². The van der Waals surface area contributed by atoms with Gasteiger partial charge >= 0.3 is 6.18 Å². The summed E-state index contributed by atoms with van der Waals surface area (Å²) in [7, 11) is 1.84. The Morgan fingerprint density at radius 1 is 1.22 bits per heavy atom. The Hall–Kier alpha value is -2.90. The second kappa shape index (κ2) is 10.1. The molecule has 0 radical (unpaired) electrons. The molecule has 1 aliphatic rings. The number of alkyl halides is 3. The Morgan fingerprint density at radius 2 is 1.94 bits per heavy atom. The van der Waals surface area contributed by atoms with Gasteiger partial charge < -0.3 is 15.5 Å². The first-order chi connectivity index (χ1) is 15.2. The zero-order valence-corrected chi connectivity index (χ0v) is 18.3. The lowest BCUT2D eigenvalue weighted by molar-refractivity contribution is -0.123. The molecule has 32 heavy (non-hydrogen) atoms. The molecule has 2 aromatic rings. The second-order valence-electron chi connectivity index (χ2n) is 7.70. The summed E-state index contributed by atoms with van der Waals surface area (Å²) < 4.78 is 36.6. The van der Waals surface area contributed by atoms with E-state index in [9.17, 15) is 28.0 Å². The van der Waals surface area contributed by atoms with Crippen molar-refractivity contribution in [1.82, 2.24) is 10.2 Å². The average molecular weight is 465 g/mol. The first kappa shape index (κ1) is 23.8. The number of rotatable bonds is 8. The largest absolute Gasteiger partial charge is 0.405 e. The quantitative estimate of drug-likeness (QED) is 0.621. The molecular formula is C22H23F3N4O2S. The van der Waals surface area contributed by atoms with E-state index >= 15 is 0 Å². The van der Waals surface area contributed by atoms with Gasteiger partial charge in [-0.3, -0.25) is 9.59 Å². The number of carbonyl (C=O) groups excluding carboxylic acids is 2. The summed E-state index contributed by atoms with van der Waals surface area (Å²) in [6.07, 6.45) is -1.31. The van der Waals surface area contributed by atoms with Gasteiger partial charge in [0, 0.05) is 30.0 Å². The molecule has 10 heteroatoms. The normalized spacial score (nSPS) is 13.0. The van der Waals surface area contributed by atoms with Crippen LogP contribution < -0.4 is 10.6 Å². The number of amides is 2. The number of nitrogens with zero attached hydrogens (tertiary/aromatic N) is 2. The van der Waals surface area contributed by atoms with E-state index < -0.39 is 18.6 Å². The van der Waals surface area contributed by atoms with Crippen LogP contribution in [0.25, 0.3) is 0 Å². The third kappa shape index (κ3) is 6.31. The zero-order valence-electron chi connectivity index (χ0n) is 17.5. The summed E-state index contributed by atoms with van der Waals surface area (Å²) >= 11 is 1.48. The number of hydrogen-bond acceptors (Lipinski definition) is 5. The number of hydrogen-bond donors (Lipinski definition) is 2. The molecule has 0 fully saturated rings. The number of nitriles is 1. The van der Waals surface area contributed by atoms with E-state index in [1.165, 1.54) is 28.3 Å². The van der Waals surface area contributed by atoms with Crippen LogP contribution in [0, 0.1) is 11.3 Å². The number of carbonyl (C=O) groups is 2. The minimum absolute atomic E-state index is 0.149. The van der Waals surface area contributed by atoms with Gasteiger partial charge in [-0.2, -0.15) is 18.4 Å². The summed E-state index contributed by atoms with van der Waals surface area (Å²) in [5.41, 5.74) is 2.67. The molecule has 1 aromatic carbocycles. The lowest BCUT2D eigenvalue weighted by Gasteiger charge is -2.16. The number of aryl methyl sites for hydroxylation is 1. The predicted molar refractivity (Wildman–Crippen MR) is 115 cm³/mol. The molecule has 0 saturated carbocycles. The number of fused-ring (bicyclic) bond motifs is 1. The molecule has 1 aromatic heterocycles. The van der Waals surface area contributed by atoms with Gasteiger partial charge in [-0.05, 0) is 49.6 Å². The van der Waals surface area contributed by atoms with Gasteiger partial charge in [0.25, 0.3) is 5.91 Å². The number of thiophene rings is 1. The Balaban J connectivity index is 1.46. The number of halogens is 3. The van der Waals surface area contributed by atoms with Crippen LogP contribution >= 0.6 is 11.3 Å². The Kier molecular flexibility index (Phi) is 7.53. The zero-order chi connectivity index (χ0) is 23.3. The first-order valence-electron chi connectivity index (χ1n) is 10.1. The van der Waals surface area contributed by atoms with Crippen LogP contribution in [0.3, 0.4) is 0 Å². The second-order valence-corrected chi connectivity index (χ2v) is 8.81. The third-order valence-electron chi connectivity index (χ3n) is 5.12. The van der Waals surface area contributed by atoms with Gasteiger partial charge in [-0.15, -0.1) is 11.3 Å². The lowest BCUT2D eigenvalue weighted by Crippen LogP contribution is -2.33. The monoisotopic (exact) mass is 464 g/mol. The van der Waals surface area contributed by atoms with Crippen LogP contribution in [0.2, 0.25) is 0 Å². The fourth-order valence-electron chi connectivity index (χ4n) is 3.53. The van der Waals surface area contributed by atoms with E-state index in [0.29, 0.717) is 23.7 Å². The maximum Gasteiger partial charge on any atom is 0.405 e. The molecule has 6 nitrogen and oxygen atoms in total. The van der Waals surface area contributed by atoms with E-state index in [-0.39, 0.29) is 17.9 Å². The lowest BCUT2D eigenvalue weighted by atomic mass is 10.1. The Morgan fingerprint density at radius 3 is 2.59 bits per heavy atom.